The summed E-state index contributed by atoms with van der Waals surface area (Å²) in [5.74, 6) is 0. The van der Waals surface area contributed by atoms with Gasteiger partial charge < -0.3 is 0 Å². The summed E-state index contributed by atoms with van der Waals surface area (Å²) >= 11 is 0. The third kappa shape index (κ3) is 3.68. The first-order valence-corrected chi connectivity index (χ1v) is 5.97. The van der Waals surface area contributed by atoms with Crippen LogP contribution in [0.2, 0.25) is 0 Å². The van der Waals surface area contributed by atoms with Gasteiger partial charge in [-0.15, -0.1) is 0 Å². The van der Waals surface area contributed by atoms with Gasteiger partial charge in [-0.05, 0) is 23.8 Å². The Hall–Kier alpha value is -2.63. The molecule has 0 unspecified atom stereocenters. The van der Waals surface area contributed by atoms with Gasteiger partial charge in [-0.3, -0.25) is 10.1 Å². The van der Waals surface area contributed by atoms with E-state index in [9.17, 15) is 23.3 Å². The number of halogens is 3. The lowest BCUT2D eigenvalue weighted by Crippen LogP contribution is -2.05. The molecule has 6 heteroatoms. The molecule has 0 bridgehead atoms. The van der Waals surface area contributed by atoms with Crippen molar-refractivity contribution in [2.45, 2.75) is 6.18 Å². The van der Waals surface area contributed by atoms with E-state index in [4.69, 9.17) is 0 Å². The van der Waals surface area contributed by atoms with Gasteiger partial charge in [-0.25, -0.2) is 0 Å². The number of rotatable bonds is 3. The predicted molar refractivity (Wildman–Crippen MR) is 73.5 cm³/mol. The van der Waals surface area contributed by atoms with Crippen LogP contribution in [-0.2, 0) is 6.18 Å². The standard InChI is InChI=1S/C15H10F3NO2/c16-15(17,18)13-8-9-14(19(20)21)12(10-13)7-6-11-4-2-1-3-5-11/h1-10H/b7-6+. The number of nitrogens with zero attached hydrogens (tertiary/aromatic N) is 1. The number of nitro benzene ring substituents is 1. The van der Waals surface area contributed by atoms with Crippen molar-refractivity contribution < 1.29 is 18.1 Å². The topological polar surface area (TPSA) is 43.1 Å². The Bertz CT molecular complexity index is 679. The molecule has 0 aliphatic carbocycles. The van der Waals surface area contributed by atoms with Crippen LogP contribution < -0.4 is 0 Å². The Kier molecular flexibility index (Phi) is 4.07. The molecule has 0 spiro atoms. The van der Waals surface area contributed by atoms with E-state index < -0.39 is 16.7 Å². The van der Waals surface area contributed by atoms with E-state index in [0.29, 0.717) is 6.07 Å². The summed E-state index contributed by atoms with van der Waals surface area (Å²) in [7, 11) is 0. The third-order valence-corrected chi connectivity index (χ3v) is 2.81. The minimum atomic E-state index is -4.54. The maximum Gasteiger partial charge on any atom is 0.416 e. The second-order valence-corrected chi connectivity index (χ2v) is 4.27. The second-order valence-electron chi connectivity index (χ2n) is 4.27. The lowest BCUT2D eigenvalue weighted by atomic mass is 10.1. The molecule has 0 atom stereocenters. The van der Waals surface area contributed by atoms with Crippen molar-refractivity contribution in [3.63, 3.8) is 0 Å². The zero-order chi connectivity index (χ0) is 15.5. The van der Waals surface area contributed by atoms with Crippen molar-refractivity contribution in [1.29, 1.82) is 0 Å². The molecule has 0 amide bonds. The van der Waals surface area contributed by atoms with Gasteiger partial charge in [-0.1, -0.05) is 36.4 Å². The normalized spacial score (nSPS) is 11.8. The van der Waals surface area contributed by atoms with E-state index in [1.165, 1.54) is 12.2 Å². The Labute approximate surface area is 118 Å². The highest BCUT2D eigenvalue weighted by molar-refractivity contribution is 5.74. The third-order valence-electron chi connectivity index (χ3n) is 2.81. The lowest BCUT2D eigenvalue weighted by Gasteiger charge is -2.07. The van der Waals surface area contributed by atoms with Crippen LogP contribution in [0.4, 0.5) is 18.9 Å². The number of hydrogen-bond acceptors (Lipinski definition) is 2. The fourth-order valence-electron chi connectivity index (χ4n) is 1.78. The van der Waals surface area contributed by atoms with Crippen LogP contribution in [0.3, 0.4) is 0 Å². The minimum Gasteiger partial charge on any atom is -0.258 e. The maximum atomic E-state index is 12.7. The van der Waals surface area contributed by atoms with Crippen LogP contribution in [0, 0.1) is 10.1 Å². The lowest BCUT2D eigenvalue weighted by molar-refractivity contribution is -0.385. The molecular weight excluding hydrogens is 283 g/mol. The van der Waals surface area contributed by atoms with Crippen molar-refractivity contribution in [1.82, 2.24) is 0 Å². The maximum absolute atomic E-state index is 12.7. The molecule has 2 rings (SSSR count). The largest absolute Gasteiger partial charge is 0.416 e. The smallest absolute Gasteiger partial charge is 0.258 e. The molecule has 2 aromatic carbocycles. The Balaban J connectivity index is 2.44. The van der Waals surface area contributed by atoms with Crippen LogP contribution in [0.1, 0.15) is 16.7 Å². The average molecular weight is 293 g/mol. The van der Waals surface area contributed by atoms with Crippen LogP contribution in [0.15, 0.2) is 48.5 Å². The van der Waals surface area contributed by atoms with Crippen LogP contribution in [0.25, 0.3) is 12.2 Å². The molecule has 0 aliphatic rings. The highest BCUT2D eigenvalue weighted by Crippen LogP contribution is 2.33. The molecule has 3 nitrogen and oxygen atoms in total. The first-order valence-electron chi connectivity index (χ1n) is 5.97. The Morgan fingerprint density at radius 1 is 1.00 bits per heavy atom. The highest BCUT2D eigenvalue weighted by atomic mass is 19.4. The summed E-state index contributed by atoms with van der Waals surface area (Å²) in [4.78, 5) is 10.2. The summed E-state index contributed by atoms with van der Waals surface area (Å²) in [6.07, 6.45) is -1.70. The average Bonchev–Trinajstić information content (AvgIpc) is 2.45. The van der Waals surface area contributed by atoms with Crippen LogP contribution in [0.5, 0.6) is 0 Å². The van der Waals surface area contributed by atoms with Crippen LogP contribution >= 0.6 is 0 Å². The molecule has 0 saturated heterocycles. The fourth-order valence-corrected chi connectivity index (χ4v) is 1.78. The zero-order valence-corrected chi connectivity index (χ0v) is 10.7. The van der Waals surface area contributed by atoms with E-state index >= 15 is 0 Å². The molecule has 0 saturated carbocycles. The molecule has 0 aromatic heterocycles. The van der Waals surface area contributed by atoms with Crippen molar-refractivity contribution in [2.75, 3.05) is 0 Å². The Morgan fingerprint density at radius 3 is 2.24 bits per heavy atom. The van der Waals surface area contributed by atoms with E-state index in [1.807, 2.05) is 0 Å². The molecule has 0 aliphatic heterocycles. The molecule has 0 heterocycles. The zero-order valence-electron chi connectivity index (χ0n) is 10.7. The SMILES string of the molecule is O=[N+]([O-])c1ccc(C(F)(F)F)cc1/C=C/c1ccccc1. The number of alkyl halides is 3. The predicted octanol–water partition coefficient (Wildman–Crippen LogP) is 4.78. The molecule has 2 aromatic rings. The van der Waals surface area contributed by atoms with Gasteiger partial charge in [0.15, 0.2) is 0 Å². The first kappa shape index (κ1) is 14.8. The van der Waals surface area contributed by atoms with Gasteiger partial charge in [0, 0.05) is 6.07 Å². The van der Waals surface area contributed by atoms with Crippen molar-refractivity contribution in [2.24, 2.45) is 0 Å². The van der Waals surface area contributed by atoms with Gasteiger partial charge >= 0.3 is 6.18 Å². The van der Waals surface area contributed by atoms with Gasteiger partial charge in [0.05, 0.1) is 16.1 Å². The Morgan fingerprint density at radius 2 is 1.67 bits per heavy atom. The van der Waals surface area contributed by atoms with E-state index in [1.54, 1.807) is 30.3 Å². The molecule has 0 fully saturated rings. The molecule has 21 heavy (non-hydrogen) atoms. The van der Waals surface area contributed by atoms with E-state index in [0.717, 1.165) is 17.7 Å². The van der Waals surface area contributed by atoms with Gasteiger partial charge in [0.2, 0.25) is 0 Å². The van der Waals surface area contributed by atoms with E-state index in [2.05, 4.69) is 0 Å². The molecule has 108 valence electrons. The van der Waals surface area contributed by atoms with Gasteiger partial charge in [0.1, 0.15) is 0 Å². The van der Waals surface area contributed by atoms with Crippen LogP contribution in [-0.4, -0.2) is 4.92 Å². The summed E-state index contributed by atoms with van der Waals surface area (Å²) in [6, 6.07) is 11.2. The molecule has 0 N–H and O–H groups in total. The molecule has 0 radical (unpaired) electrons. The summed E-state index contributed by atoms with van der Waals surface area (Å²) in [6.45, 7) is 0. The summed E-state index contributed by atoms with van der Waals surface area (Å²) in [5, 5.41) is 10.9. The number of nitro groups is 1. The van der Waals surface area contributed by atoms with Crippen molar-refractivity contribution in [3.05, 3.63) is 75.3 Å². The van der Waals surface area contributed by atoms with Gasteiger partial charge in [0.25, 0.3) is 5.69 Å². The highest BCUT2D eigenvalue weighted by Gasteiger charge is 2.31. The number of benzene rings is 2. The van der Waals surface area contributed by atoms with Crippen molar-refractivity contribution >= 4 is 17.8 Å². The first-order chi connectivity index (χ1) is 9.88. The summed E-state index contributed by atoms with van der Waals surface area (Å²) < 4.78 is 38.0. The van der Waals surface area contributed by atoms with E-state index in [-0.39, 0.29) is 11.3 Å². The quantitative estimate of drug-likeness (QED) is 0.464. The second kappa shape index (κ2) is 5.78. The number of hydrogen-bond donors (Lipinski definition) is 0. The minimum absolute atomic E-state index is 0.0846. The van der Waals surface area contributed by atoms with Gasteiger partial charge in [-0.2, -0.15) is 13.2 Å². The monoisotopic (exact) mass is 293 g/mol. The summed E-state index contributed by atoms with van der Waals surface area (Å²) in [5.41, 5.74) is -0.626. The fraction of sp³-hybridized carbons (Fsp3) is 0.0667. The van der Waals surface area contributed by atoms with Crippen molar-refractivity contribution in [3.8, 4) is 0 Å². The molecular formula is C15H10F3NO2.